The lowest BCUT2D eigenvalue weighted by Crippen LogP contribution is -2.29. The summed E-state index contributed by atoms with van der Waals surface area (Å²) in [6.07, 6.45) is 5.56. The number of hydrogen-bond donors (Lipinski definition) is 2. The maximum atomic E-state index is 14.8. The van der Waals surface area contributed by atoms with Crippen LogP contribution < -0.4 is 10.6 Å². The standard InChI is InChI=1S/C24H26FN5O2/c1-14(31)28-16-6-4-5-15(7-16)23(32)29-22-9-18(20(25)12-27-22)19-8-17(11-26)30-13-24(2,3)10-21(19)30/h6,8-9,12,15H,4-5,7,10,13H2,1-3H3,(H,28,31)(H,27,29,32)/t15-/m0/s1. The molecule has 3 heterocycles. The van der Waals surface area contributed by atoms with E-state index in [2.05, 4.69) is 35.5 Å². The highest BCUT2D eigenvalue weighted by Gasteiger charge is 2.33. The largest absolute Gasteiger partial charge is 0.335 e. The molecule has 0 saturated carbocycles. The topological polar surface area (TPSA) is 99.8 Å². The first-order chi connectivity index (χ1) is 15.2. The predicted octanol–water partition coefficient (Wildman–Crippen LogP) is 3.90. The van der Waals surface area contributed by atoms with E-state index in [1.165, 1.54) is 13.0 Å². The number of rotatable bonds is 4. The quantitative estimate of drug-likeness (QED) is 0.761. The Labute approximate surface area is 186 Å². The van der Waals surface area contributed by atoms with Crippen LogP contribution in [0.4, 0.5) is 10.2 Å². The zero-order chi connectivity index (χ0) is 23.0. The van der Waals surface area contributed by atoms with Crippen molar-refractivity contribution in [2.24, 2.45) is 11.3 Å². The van der Waals surface area contributed by atoms with Crippen LogP contribution in [0.25, 0.3) is 11.1 Å². The average Bonchev–Trinajstić information content (AvgIpc) is 3.21. The molecule has 0 unspecified atom stereocenters. The third-order valence-electron chi connectivity index (χ3n) is 6.03. The van der Waals surface area contributed by atoms with Gasteiger partial charge in [-0.1, -0.05) is 19.9 Å². The van der Waals surface area contributed by atoms with Crippen molar-refractivity contribution in [3.8, 4) is 17.2 Å². The third kappa shape index (κ3) is 4.28. The average molecular weight is 436 g/mol. The van der Waals surface area contributed by atoms with Crippen molar-refractivity contribution in [2.45, 2.75) is 53.0 Å². The van der Waals surface area contributed by atoms with E-state index in [4.69, 9.17) is 0 Å². The normalized spacial score (nSPS) is 19.0. The SMILES string of the molecule is CC(=O)NC1=CCC[C@H](C(=O)Nc2cc(-c3cc(C#N)n4c3CC(C)(C)C4)c(F)cn2)C1. The Morgan fingerprint density at radius 2 is 2.06 bits per heavy atom. The highest BCUT2D eigenvalue weighted by Crippen LogP contribution is 2.40. The molecule has 2 N–H and O–H groups in total. The lowest BCUT2D eigenvalue weighted by Gasteiger charge is -2.22. The number of nitrogens with one attached hydrogen (secondary N) is 2. The summed E-state index contributed by atoms with van der Waals surface area (Å²) in [7, 11) is 0. The van der Waals surface area contributed by atoms with Crippen molar-refractivity contribution in [2.75, 3.05) is 5.32 Å². The van der Waals surface area contributed by atoms with Gasteiger partial charge in [0.05, 0.1) is 6.20 Å². The third-order valence-corrected chi connectivity index (χ3v) is 6.03. The lowest BCUT2D eigenvalue weighted by molar-refractivity contribution is -0.121. The zero-order valence-electron chi connectivity index (χ0n) is 18.5. The Balaban J connectivity index is 1.58. The van der Waals surface area contributed by atoms with Gasteiger partial charge in [-0.25, -0.2) is 9.37 Å². The molecule has 2 aliphatic rings. The molecule has 0 spiro atoms. The molecule has 7 nitrogen and oxygen atoms in total. The molecule has 1 aliphatic carbocycles. The molecule has 0 aromatic carbocycles. The van der Waals surface area contributed by atoms with Gasteiger partial charge >= 0.3 is 0 Å². The van der Waals surface area contributed by atoms with Gasteiger partial charge in [-0.3, -0.25) is 9.59 Å². The van der Waals surface area contributed by atoms with Crippen LogP contribution in [0.3, 0.4) is 0 Å². The van der Waals surface area contributed by atoms with Crippen LogP contribution in [0.2, 0.25) is 0 Å². The van der Waals surface area contributed by atoms with E-state index in [1.807, 2.05) is 10.6 Å². The molecule has 1 aliphatic heterocycles. The molecular weight excluding hydrogens is 409 g/mol. The van der Waals surface area contributed by atoms with Crippen LogP contribution in [0.1, 0.15) is 51.4 Å². The molecular formula is C24H26FN5O2. The molecule has 2 amide bonds. The minimum absolute atomic E-state index is 0.0163. The second kappa shape index (κ2) is 8.23. The molecule has 0 saturated heterocycles. The summed E-state index contributed by atoms with van der Waals surface area (Å²) < 4.78 is 16.7. The highest BCUT2D eigenvalue weighted by molar-refractivity contribution is 5.92. The molecule has 0 radical (unpaired) electrons. The Hall–Kier alpha value is -3.47. The fourth-order valence-electron chi connectivity index (χ4n) is 4.63. The smallest absolute Gasteiger partial charge is 0.229 e. The zero-order valence-corrected chi connectivity index (χ0v) is 18.5. The van der Waals surface area contributed by atoms with Crippen molar-refractivity contribution in [1.82, 2.24) is 14.9 Å². The first-order valence-electron chi connectivity index (χ1n) is 10.7. The summed E-state index contributed by atoms with van der Waals surface area (Å²) in [6, 6.07) is 5.44. The number of aromatic nitrogens is 2. The highest BCUT2D eigenvalue weighted by atomic mass is 19.1. The number of fused-ring (bicyclic) bond motifs is 1. The van der Waals surface area contributed by atoms with Crippen molar-refractivity contribution in [3.63, 3.8) is 0 Å². The molecule has 32 heavy (non-hydrogen) atoms. The van der Waals surface area contributed by atoms with Gasteiger partial charge < -0.3 is 15.2 Å². The van der Waals surface area contributed by atoms with Crippen LogP contribution in [0.15, 0.2) is 30.1 Å². The summed E-state index contributed by atoms with van der Waals surface area (Å²) >= 11 is 0. The fraction of sp³-hybridized carbons (Fsp3) is 0.417. The van der Waals surface area contributed by atoms with E-state index >= 15 is 0 Å². The van der Waals surface area contributed by atoms with E-state index < -0.39 is 5.82 Å². The number of allylic oxidation sites excluding steroid dienone is 2. The maximum absolute atomic E-state index is 14.8. The minimum Gasteiger partial charge on any atom is -0.335 e. The molecule has 0 fully saturated rings. The van der Waals surface area contributed by atoms with Gasteiger partial charge in [0, 0.05) is 41.9 Å². The van der Waals surface area contributed by atoms with Crippen LogP contribution in [-0.4, -0.2) is 21.4 Å². The summed E-state index contributed by atoms with van der Waals surface area (Å²) in [5, 5.41) is 15.1. The Bertz CT molecular complexity index is 1170. The molecule has 0 bridgehead atoms. The Kier molecular flexibility index (Phi) is 5.59. The number of pyridine rings is 1. The number of hydrogen-bond acceptors (Lipinski definition) is 4. The Morgan fingerprint density at radius 3 is 2.78 bits per heavy atom. The van der Waals surface area contributed by atoms with Crippen LogP contribution in [0, 0.1) is 28.5 Å². The number of amides is 2. The minimum atomic E-state index is -0.501. The van der Waals surface area contributed by atoms with Gasteiger partial charge in [0.25, 0.3) is 0 Å². The van der Waals surface area contributed by atoms with Crippen molar-refractivity contribution < 1.29 is 14.0 Å². The summed E-state index contributed by atoms with van der Waals surface area (Å²) in [4.78, 5) is 28.2. The van der Waals surface area contributed by atoms with E-state index in [1.54, 1.807) is 6.07 Å². The monoisotopic (exact) mass is 435 g/mol. The van der Waals surface area contributed by atoms with E-state index in [0.29, 0.717) is 42.6 Å². The Morgan fingerprint density at radius 1 is 1.28 bits per heavy atom. The molecule has 2 aromatic rings. The van der Waals surface area contributed by atoms with Gasteiger partial charge in [-0.05, 0) is 43.2 Å². The van der Waals surface area contributed by atoms with Crippen LogP contribution in [-0.2, 0) is 22.6 Å². The maximum Gasteiger partial charge on any atom is 0.229 e. The first-order valence-corrected chi connectivity index (χ1v) is 10.7. The molecule has 4 rings (SSSR count). The number of nitriles is 1. The number of carbonyl (C=O) groups excluding carboxylic acids is 2. The summed E-state index contributed by atoms with van der Waals surface area (Å²) in [6.45, 7) is 6.37. The predicted molar refractivity (Wildman–Crippen MR) is 118 cm³/mol. The molecule has 2 aromatic heterocycles. The number of halogens is 1. The second-order valence-corrected chi connectivity index (χ2v) is 9.36. The van der Waals surface area contributed by atoms with Gasteiger partial charge in [-0.2, -0.15) is 5.26 Å². The fourth-order valence-corrected chi connectivity index (χ4v) is 4.63. The van der Waals surface area contributed by atoms with Crippen molar-refractivity contribution in [1.29, 1.82) is 5.26 Å². The van der Waals surface area contributed by atoms with Crippen LogP contribution in [0.5, 0.6) is 0 Å². The van der Waals surface area contributed by atoms with Crippen LogP contribution >= 0.6 is 0 Å². The molecule has 166 valence electrons. The number of carbonyl (C=O) groups is 2. The van der Waals surface area contributed by atoms with Gasteiger partial charge in [0.2, 0.25) is 11.8 Å². The van der Waals surface area contributed by atoms with E-state index in [9.17, 15) is 19.2 Å². The van der Waals surface area contributed by atoms with E-state index in [0.717, 1.165) is 24.0 Å². The van der Waals surface area contributed by atoms with Crippen molar-refractivity contribution >= 4 is 17.6 Å². The summed E-state index contributed by atoms with van der Waals surface area (Å²) in [5.41, 5.74) is 3.13. The van der Waals surface area contributed by atoms with Gasteiger partial charge in [0.1, 0.15) is 23.4 Å². The molecule has 1 atom stereocenters. The second-order valence-electron chi connectivity index (χ2n) is 9.36. The van der Waals surface area contributed by atoms with Gasteiger partial charge in [0.15, 0.2) is 0 Å². The number of nitrogens with zero attached hydrogens (tertiary/aromatic N) is 3. The number of anilines is 1. The lowest BCUT2D eigenvalue weighted by atomic mass is 9.89. The van der Waals surface area contributed by atoms with E-state index in [-0.39, 0.29) is 29.0 Å². The molecule has 8 heteroatoms. The first kappa shape index (κ1) is 21.8. The summed E-state index contributed by atoms with van der Waals surface area (Å²) in [5.74, 6) is -0.923. The van der Waals surface area contributed by atoms with Crippen molar-refractivity contribution in [3.05, 3.63) is 47.3 Å². The van der Waals surface area contributed by atoms with Gasteiger partial charge in [-0.15, -0.1) is 0 Å².